The molecule has 2 heterocycles. The third-order valence-corrected chi connectivity index (χ3v) is 6.34. The van der Waals surface area contributed by atoms with Gasteiger partial charge in [0, 0.05) is 30.6 Å². The van der Waals surface area contributed by atoms with Crippen LogP contribution in [0.1, 0.15) is 27.5 Å². The van der Waals surface area contributed by atoms with E-state index >= 15 is 0 Å². The lowest BCUT2D eigenvalue weighted by Gasteiger charge is -2.28. The van der Waals surface area contributed by atoms with Crippen LogP contribution in [0.25, 0.3) is 0 Å². The molecule has 1 atom stereocenters. The van der Waals surface area contributed by atoms with Crippen molar-refractivity contribution in [2.24, 2.45) is 0 Å². The zero-order valence-corrected chi connectivity index (χ0v) is 19.5. The minimum absolute atomic E-state index is 0.106. The molecule has 3 aromatic rings. The summed E-state index contributed by atoms with van der Waals surface area (Å²) in [4.78, 5) is 34.3. The quantitative estimate of drug-likeness (QED) is 0.483. The molecule has 7 nitrogen and oxygen atoms in total. The molecule has 0 bridgehead atoms. The van der Waals surface area contributed by atoms with Crippen molar-refractivity contribution in [2.75, 3.05) is 25.7 Å². The third kappa shape index (κ3) is 4.45. The Morgan fingerprint density at radius 1 is 1.26 bits per heavy atom. The van der Waals surface area contributed by atoms with Gasteiger partial charge in [-0.2, -0.15) is 4.39 Å². The number of carbonyl (C=O) groups is 2. The van der Waals surface area contributed by atoms with Gasteiger partial charge < -0.3 is 14.4 Å². The number of hydrogen-bond acceptors (Lipinski definition) is 6. The number of rotatable bonds is 7. The highest BCUT2D eigenvalue weighted by molar-refractivity contribution is 7.10. The van der Waals surface area contributed by atoms with E-state index in [2.05, 4.69) is 10.9 Å². The highest BCUT2D eigenvalue weighted by Gasteiger charge is 2.40. The number of benzene rings is 2. The number of carbonyl (C=O) groups excluding carboxylic acids is 2. The Labute approximate surface area is 200 Å². The third-order valence-electron chi connectivity index (χ3n) is 5.57. The highest BCUT2D eigenvalue weighted by Crippen LogP contribution is 2.36. The van der Waals surface area contributed by atoms with Gasteiger partial charge in [0.05, 0.1) is 19.9 Å². The number of nitrogens with zero attached hydrogens (tertiary/aromatic N) is 3. The number of hydrogen-bond donors (Lipinski definition) is 0. The van der Waals surface area contributed by atoms with E-state index in [0.29, 0.717) is 24.5 Å². The maximum atomic E-state index is 14.6. The number of methoxy groups -OCH3 is 2. The first-order valence-corrected chi connectivity index (χ1v) is 11.3. The molecule has 1 aromatic heterocycles. The molecular weight excluding hydrogens is 457 g/mol. The van der Waals surface area contributed by atoms with Crippen LogP contribution in [0.2, 0.25) is 0 Å². The first-order chi connectivity index (χ1) is 16.5. The molecule has 1 fully saturated rings. The number of terminal acetylenes is 1. The van der Waals surface area contributed by atoms with E-state index in [0.717, 1.165) is 16.9 Å². The van der Waals surface area contributed by atoms with Crippen molar-refractivity contribution in [3.05, 3.63) is 69.9 Å². The van der Waals surface area contributed by atoms with E-state index in [4.69, 9.17) is 15.9 Å². The summed E-state index contributed by atoms with van der Waals surface area (Å²) in [5.74, 6) is 0.753. The van der Waals surface area contributed by atoms with Crippen molar-refractivity contribution >= 4 is 28.8 Å². The van der Waals surface area contributed by atoms with E-state index < -0.39 is 17.8 Å². The standard InChI is InChI=1S/C25H22FN3O4S/c1-4-22-27-18(15-34-22)24(30)29(17-12-20(32-2)23(26)21(13-17)33-3)19-10-11-28(25(19)31)14-16-8-6-5-7-9-16/h1,5-9,12-13,15,19H,10-11,14H2,2-3H3. The fourth-order valence-corrected chi connectivity index (χ4v) is 4.51. The van der Waals surface area contributed by atoms with Gasteiger partial charge in [0.25, 0.3) is 5.91 Å². The van der Waals surface area contributed by atoms with E-state index in [9.17, 15) is 14.0 Å². The highest BCUT2D eigenvalue weighted by atomic mass is 32.1. The summed E-state index contributed by atoms with van der Waals surface area (Å²) in [7, 11) is 2.63. The predicted octanol–water partition coefficient (Wildman–Crippen LogP) is 3.73. The molecule has 0 spiro atoms. The minimum atomic E-state index is -0.813. The Hall–Kier alpha value is -3.90. The normalized spacial score (nSPS) is 15.2. The van der Waals surface area contributed by atoms with Crippen LogP contribution in [0.5, 0.6) is 11.5 Å². The van der Waals surface area contributed by atoms with E-state index in [1.807, 2.05) is 30.3 Å². The van der Waals surface area contributed by atoms with Crippen LogP contribution in [0.15, 0.2) is 47.8 Å². The average Bonchev–Trinajstić information content (AvgIpc) is 3.48. The van der Waals surface area contributed by atoms with Crippen molar-refractivity contribution in [3.8, 4) is 23.8 Å². The number of aromatic nitrogens is 1. The van der Waals surface area contributed by atoms with Crippen molar-refractivity contribution in [1.29, 1.82) is 0 Å². The Bertz CT molecular complexity index is 1230. The lowest BCUT2D eigenvalue weighted by molar-refractivity contribution is -0.129. The SMILES string of the molecule is C#Cc1nc(C(=O)N(c2cc(OC)c(F)c(OC)c2)C2CCN(Cc3ccccc3)C2=O)cs1. The van der Waals surface area contributed by atoms with E-state index in [1.54, 1.807) is 10.3 Å². The molecule has 2 amide bonds. The Balaban J connectivity index is 1.74. The van der Waals surface area contributed by atoms with Gasteiger partial charge in [0.2, 0.25) is 11.7 Å². The van der Waals surface area contributed by atoms with Crippen LogP contribution in [0.4, 0.5) is 10.1 Å². The molecule has 0 aliphatic carbocycles. The van der Waals surface area contributed by atoms with Crippen LogP contribution in [0.3, 0.4) is 0 Å². The van der Waals surface area contributed by atoms with E-state index in [-0.39, 0.29) is 28.8 Å². The Kier molecular flexibility index (Phi) is 6.80. The summed E-state index contributed by atoms with van der Waals surface area (Å²) in [6, 6.07) is 11.5. The van der Waals surface area contributed by atoms with E-state index in [1.165, 1.54) is 31.3 Å². The largest absolute Gasteiger partial charge is 0.493 e. The summed E-state index contributed by atoms with van der Waals surface area (Å²) in [5.41, 5.74) is 1.35. The van der Waals surface area contributed by atoms with Gasteiger partial charge in [-0.1, -0.05) is 30.3 Å². The number of likely N-dealkylation sites (tertiary alicyclic amines) is 1. The van der Waals surface area contributed by atoms with Gasteiger partial charge in [0.15, 0.2) is 16.5 Å². The molecule has 1 unspecified atom stereocenters. The van der Waals surface area contributed by atoms with Gasteiger partial charge in [-0.05, 0) is 17.9 Å². The number of amides is 2. The Morgan fingerprint density at radius 3 is 2.53 bits per heavy atom. The molecule has 34 heavy (non-hydrogen) atoms. The lowest BCUT2D eigenvalue weighted by Crippen LogP contribution is -2.45. The van der Waals surface area contributed by atoms with Gasteiger partial charge in [-0.3, -0.25) is 14.5 Å². The molecule has 0 saturated carbocycles. The molecule has 174 valence electrons. The zero-order chi connectivity index (χ0) is 24.2. The number of thiazole rings is 1. The molecular formula is C25H22FN3O4S. The van der Waals surface area contributed by atoms with Crippen molar-refractivity contribution < 1.29 is 23.5 Å². The summed E-state index contributed by atoms with van der Waals surface area (Å²) in [6.45, 7) is 0.885. The minimum Gasteiger partial charge on any atom is -0.493 e. The second-order valence-corrected chi connectivity index (χ2v) is 8.43. The molecule has 1 aliphatic rings. The van der Waals surface area contributed by atoms with Crippen LogP contribution >= 0.6 is 11.3 Å². The maximum absolute atomic E-state index is 14.6. The van der Waals surface area contributed by atoms with Crippen molar-refractivity contribution in [2.45, 2.75) is 19.0 Å². The smallest absolute Gasteiger partial charge is 0.278 e. The van der Waals surface area contributed by atoms with Gasteiger partial charge in [-0.15, -0.1) is 17.8 Å². The van der Waals surface area contributed by atoms with Crippen molar-refractivity contribution in [1.82, 2.24) is 9.88 Å². The lowest BCUT2D eigenvalue weighted by atomic mass is 10.1. The van der Waals surface area contributed by atoms with Gasteiger partial charge >= 0.3 is 0 Å². The summed E-state index contributed by atoms with van der Waals surface area (Å²) in [5, 5.41) is 1.89. The summed E-state index contributed by atoms with van der Waals surface area (Å²) < 4.78 is 24.9. The van der Waals surface area contributed by atoms with Crippen LogP contribution in [-0.4, -0.2) is 48.5 Å². The molecule has 1 aliphatic heterocycles. The number of anilines is 1. The second kappa shape index (κ2) is 9.93. The molecule has 1 saturated heterocycles. The first-order valence-electron chi connectivity index (χ1n) is 10.5. The molecule has 4 rings (SSSR count). The second-order valence-electron chi connectivity index (χ2n) is 7.57. The number of halogens is 1. The summed E-state index contributed by atoms with van der Waals surface area (Å²) >= 11 is 1.15. The first kappa shape index (κ1) is 23.3. The molecule has 0 radical (unpaired) electrons. The molecule has 2 aromatic carbocycles. The van der Waals surface area contributed by atoms with Gasteiger partial charge in [0.1, 0.15) is 11.7 Å². The van der Waals surface area contributed by atoms with Crippen LogP contribution < -0.4 is 14.4 Å². The fourth-order valence-electron chi connectivity index (χ4n) is 3.92. The van der Waals surface area contributed by atoms with Crippen LogP contribution in [-0.2, 0) is 11.3 Å². The Morgan fingerprint density at radius 2 is 1.94 bits per heavy atom. The van der Waals surface area contributed by atoms with Crippen molar-refractivity contribution in [3.63, 3.8) is 0 Å². The zero-order valence-electron chi connectivity index (χ0n) is 18.7. The molecule has 9 heteroatoms. The van der Waals surface area contributed by atoms with Gasteiger partial charge in [-0.25, -0.2) is 4.98 Å². The monoisotopic (exact) mass is 479 g/mol. The topological polar surface area (TPSA) is 72.0 Å². The fraction of sp³-hybridized carbons (Fsp3) is 0.240. The number of ether oxygens (including phenoxy) is 2. The predicted molar refractivity (Wildman–Crippen MR) is 127 cm³/mol. The maximum Gasteiger partial charge on any atom is 0.278 e. The average molecular weight is 480 g/mol. The molecule has 0 N–H and O–H groups in total. The van der Waals surface area contributed by atoms with Crippen LogP contribution in [0, 0.1) is 18.2 Å². The summed E-state index contributed by atoms with van der Waals surface area (Å²) in [6.07, 6.45) is 5.81.